The van der Waals surface area contributed by atoms with E-state index >= 15 is 0 Å². The summed E-state index contributed by atoms with van der Waals surface area (Å²) in [5.74, 6) is 0.942. The third kappa shape index (κ3) is 6.95. The third-order valence-electron chi connectivity index (χ3n) is 2.27. The highest BCUT2D eigenvalue weighted by molar-refractivity contribution is 5.52. The zero-order valence-electron chi connectivity index (χ0n) is 11.5. The molecule has 1 heterocycles. The molecule has 1 aromatic heterocycles. The predicted molar refractivity (Wildman–Crippen MR) is 77.3 cm³/mol. The van der Waals surface area contributed by atoms with E-state index in [4.69, 9.17) is 0 Å². The first kappa shape index (κ1) is 16.5. The van der Waals surface area contributed by atoms with Crippen molar-refractivity contribution in [1.82, 2.24) is 15.0 Å². The first-order chi connectivity index (χ1) is 10.3. The Morgan fingerprint density at radius 2 is 0.905 bits per heavy atom. The highest BCUT2D eigenvalue weighted by Gasteiger charge is 2.05. The van der Waals surface area contributed by atoms with Gasteiger partial charge < -0.3 is 30.3 Å². The fraction of sp³-hybridized carbons (Fsp3) is 0.500. The number of rotatable bonds is 12. The van der Waals surface area contributed by atoms with Crippen LogP contribution >= 0.6 is 0 Å². The maximum Gasteiger partial charge on any atom is 0.229 e. The van der Waals surface area contributed by atoms with E-state index in [-0.39, 0.29) is 0 Å². The molecule has 21 heavy (non-hydrogen) atoms. The van der Waals surface area contributed by atoms with Gasteiger partial charge in [-0.2, -0.15) is 15.0 Å². The first-order valence-corrected chi connectivity index (χ1v) is 6.58. The van der Waals surface area contributed by atoms with Gasteiger partial charge in [0.25, 0.3) is 0 Å². The predicted octanol–water partition coefficient (Wildman–Crippen LogP) is -0.126. The van der Waals surface area contributed by atoms with Crippen molar-refractivity contribution >= 4 is 36.7 Å². The topological polar surface area (TPSA) is 126 Å². The molecule has 1 rings (SSSR count). The monoisotopic (exact) mass is 294 g/mol. The molecule has 0 atom stereocenters. The molecule has 0 aliphatic rings. The van der Waals surface area contributed by atoms with E-state index in [1.807, 2.05) is 0 Å². The number of carbonyl (C=O) groups excluding carboxylic acids is 3. The van der Waals surface area contributed by atoms with Crippen LogP contribution in [0.5, 0.6) is 0 Å². The average Bonchev–Trinajstić information content (AvgIpc) is 2.48. The van der Waals surface area contributed by atoms with Gasteiger partial charge in [0.2, 0.25) is 17.8 Å². The smallest absolute Gasteiger partial charge is 0.229 e. The van der Waals surface area contributed by atoms with E-state index in [0.717, 1.165) is 18.9 Å². The Hall–Kier alpha value is -2.58. The Bertz CT molecular complexity index is 389. The quantitative estimate of drug-likeness (QED) is 0.357. The van der Waals surface area contributed by atoms with Crippen LogP contribution in [0.15, 0.2) is 0 Å². The molecule has 114 valence electrons. The second kappa shape index (κ2) is 10.2. The molecule has 0 amide bonds. The number of aromatic nitrogens is 3. The molecular formula is C12H18N6O3. The van der Waals surface area contributed by atoms with Crippen LogP contribution in [0.1, 0.15) is 19.3 Å². The summed E-state index contributed by atoms with van der Waals surface area (Å²) in [4.78, 5) is 43.2. The van der Waals surface area contributed by atoms with Gasteiger partial charge in [0, 0.05) is 38.9 Å². The maximum atomic E-state index is 10.3. The third-order valence-corrected chi connectivity index (χ3v) is 2.27. The molecule has 0 spiro atoms. The molecular weight excluding hydrogens is 276 g/mol. The van der Waals surface area contributed by atoms with Crippen molar-refractivity contribution in [1.29, 1.82) is 0 Å². The van der Waals surface area contributed by atoms with Gasteiger partial charge in [0.05, 0.1) is 0 Å². The SMILES string of the molecule is O=CCCNc1nc(NCCC=O)nc(NCCC=O)n1. The minimum Gasteiger partial charge on any atom is -0.354 e. The van der Waals surface area contributed by atoms with Crippen LogP contribution in [0.25, 0.3) is 0 Å². The van der Waals surface area contributed by atoms with Crippen LogP contribution < -0.4 is 16.0 Å². The number of nitrogens with one attached hydrogen (secondary N) is 3. The van der Waals surface area contributed by atoms with Crippen molar-refractivity contribution in [2.24, 2.45) is 0 Å². The number of hydrogen-bond donors (Lipinski definition) is 3. The Balaban J connectivity index is 2.71. The molecule has 0 bridgehead atoms. The van der Waals surface area contributed by atoms with E-state index in [9.17, 15) is 14.4 Å². The normalized spacial score (nSPS) is 9.71. The van der Waals surface area contributed by atoms with Gasteiger partial charge in [-0.25, -0.2) is 0 Å². The molecule has 1 aromatic rings. The van der Waals surface area contributed by atoms with E-state index in [1.165, 1.54) is 0 Å². The summed E-state index contributed by atoms with van der Waals surface area (Å²) in [6.07, 6.45) is 3.40. The van der Waals surface area contributed by atoms with Crippen molar-refractivity contribution < 1.29 is 14.4 Å². The highest BCUT2D eigenvalue weighted by Crippen LogP contribution is 2.09. The van der Waals surface area contributed by atoms with Gasteiger partial charge in [0.1, 0.15) is 18.9 Å². The number of aldehydes is 3. The first-order valence-electron chi connectivity index (χ1n) is 6.58. The Kier molecular flexibility index (Phi) is 8.03. The molecule has 9 heteroatoms. The lowest BCUT2D eigenvalue weighted by atomic mass is 10.4. The summed E-state index contributed by atoms with van der Waals surface area (Å²) in [5, 5.41) is 8.68. The number of anilines is 3. The van der Waals surface area contributed by atoms with Crippen LogP contribution in [0, 0.1) is 0 Å². The van der Waals surface area contributed by atoms with E-state index in [2.05, 4.69) is 30.9 Å². The minimum absolute atomic E-state index is 0.314. The zero-order chi connectivity index (χ0) is 15.3. The molecule has 0 fully saturated rings. The second-order valence-corrected chi connectivity index (χ2v) is 3.95. The van der Waals surface area contributed by atoms with Gasteiger partial charge in [-0.3, -0.25) is 0 Å². The summed E-state index contributed by atoms with van der Waals surface area (Å²) < 4.78 is 0. The molecule has 0 aliphatic carbocycles. The molecule has 0 saturated heterocycles. The zero-order valence-corrected chi connectivity index (χ0v) is 11.5. The minimum atomic E-state index is 0.314. The highest BCUT2D eigenvalue weighted by atomic mass is 16.1. The van der Waals surface area contributed by atoms with Gasteiger partial charge in [-0.15, -0.1) is 0 Å². The van der Waals surface area contributed by atoms with Gasteiger partial charge in [0.15, 0.2) is 0 Å². The molecule has 0 aliphatic heterocycles. The lowest BCUT2D eigenvalue weighted by Crippen LogP contribution is -2.14. The average molecular weight is 294 g/mol. The summed E-state index contributed by atoms with van der Waals surface area (Å²) in [6.45, 7) is 1.24. The van der Waals surface area contributed by atoms with Crippen molar-refractivity contribution in [2.75, 3.05) is 35.6 Å². The van der Waals surface area contributed by atoms with E-state index in [0.29, 0.717) is 56.7 Å². The molecule has 0 unspecified atom stereocenters. The summed E-state index contributed by atoms with van der Waals surface area (Å²) in [6, 6.07) is 0. The van der Waals surface area contributed by atoms with Gasteiger partial charge >= 0.3 is 0 Å². The van der Waals surface area contributed by atoms with Crippen LogP contribution in [0.3, 0.4) is 0 Å². The summed E-state index contributed by atoms with van der Waals surface area (Å²) in [7, 11) is 0. The van der Waals surface area contributed by atoms with Crippen molar-refractivity contribution in [3.05, 3.63) is 0 Å². The standard InChI is InChI=1S/C12H18N6O3/c19-7-1-4-13-10-16-11(14-5-2-8-20)18-12(17-10)15-6-3-9-21/h7-9H,1-6H2,(H3,13,14,15,16,17,18). The van der Waals surface area contributed by atoms with E-state index < -0.39 is 0 Å². The van der Waals surface area contributed by atoms with Gasteiger partial charge in [-0.1, -0.05) is 0 Å². The Labute approximate surface area is 122 Å². The maximum absolute atomic E-state index is 10.3. The molecule has 9 nitrogen and oxygen atoms in total. The second-order valence-electron chi connectivity index (χ2n) is 3.95. The molecule has 3 N–H and O–H groups in total. The fourth-order valence-corrected chi connectivity index (χ4v) is 1.34. The summed E-state index contributed by atoms with van der Waals surface area (Å²) in [5.41, 5.74) is 0. The largest absolute Gasteiger partial charge is 0.354 e. The number of carbonyl (C=O) groups is 3. The van der Waals surface area contributed by atoms with Crippen LogP contribution in [-0.4, -0.2) is 53.4 Å². The molecule has 0 radical (unpaired) electrons. The number of hydrogen-bond acceptors (Lipinski definition) is 9. The van der Waals surface area contributed by atoms with E-state index in [1.54, 1.807) is 0 Å². The van der Waals surface area contributed by atoms with Crippen LogP contribution in [0.2, 0.25) is 0 Å². The van der Waals surface area contributed by atoms with Crippen molar-refractivity contribution in [3.8, 4) is 0 Å². The van der Waals surface area contributed by atoms with Crippen molar-refractivity contribution in [2.45, 2.75) is 19.3 Å². The lowest BCUT2D eigenvalue weighted by molar-refractivity contribution is -0.108. The van der Waals surface area contributed by atoms with Crippen molar-refractivity contribution in [3.63, 3.8) is 0 Å². The summed E-state index contributed by atoms with van der Waals surface area (Å²) >= 11 is 0. The molecule has 0 saturated carbocycles. The fourth-order valence-electron chi connectivity index (χ4n) is 1.34. The Morgan fingerprint density at radius 1 is 0.619 bits per heavy atom. The van der Waals surface area contributed by atoms with Crippen LogP contribution in [0.4, 0.5) is 17.8 Å². The molecule has 0 aromatic carbocycles. The Morgan fingerprint density at radius 3 is 1.14 bits per heavy atom. The van der Waals surface area contributed by atoms with Crippen LogP contribution in [-0.2, 0) is 14.4 Å². The lowest BCUT2D eigenvalue weighted by Gasteiger charge is -2.09. The van der Waals surface area contributed by atoms with Gasteiger partial charge in [-0.05, 0) is 0 Å². The number of nitrogens with zero attached hydrogens (tertiary/aromatic N) is 3.